The minimum Gasteiger partial charge on any atom is -0.326 e. The average Bonchev–Trinajstić information content (AvgIpc) is 2.29. The molecule has 2 rings (SSSR count). The van der Waals surface area contributed by atoms with Gasteiger partial charge < -0.3 is 5.73 Å². The van der Waals surface area contributed by atoms with Gasteiger partial charge in [0.15, 0.2) is 0 Å². The van der Waals surface area contributed by atoms with Crippen LogP contribution in [0.2, 0.25) is 0 Å². The summed E-state index contributed by atoms with van der Waals surface area (Å²) in [6.07, 6.45) is 2.05. The minimum absolute atomic E-state index is 0.00755. The lowest BCUT2D eigenvalue weighted by molar-refractivity contribution is 0.0922. The number of hydrogen-bond donors (Lipinski definition) is 1. The van der Waals surface area contributed by atoms with Gasteiger partial charge in [-0.25, -0.2) is 4.39 Å². The van der Waals surface area contributed by atoms with Crippen molar-refractivity contribution in [1.82, 2.24) is 4.90 Å². The molecule has 1 saturated heterocycles. The number of rotatable bonds is 2. The third kappa shape index (κ3) is 2.76. The summed E-state index contributed by atoms with van der Waals surface area (Å²) in [5.74, 6) is -0.169. The molecular formula is C14H20BrFN2. The second-order valence-corrected chi connectivity index (χ2v) is 6.16. The molecule has 0 aromatic heterocycles. The van der Waals surface area contributed by atoms with E-state index in [0.29, 0.717) is 6.04 Å². The van der Waals surface area contributed by atoms with E-state index < -0.39 is 0 Å². The highest BCUT2D eigenvalue weighted by Crippen LogP contribution is 2.33. The number of likely N-dealkylation sites (tertiary alicyclic amines) is 1. The van der Waals surface area contributed by atoms with Crippen molar-refractivity contribution >= 4 is 15.9 Å². The first-order valence-electron chi connectivity index (χ1n) is 6.47. The van der Waals surface area contributed by atoms with Gasteiger partial charge in [-0.2, -0.15) is 0 Å². The topological polar surface area (TPSA) is 29.3 Å². The summed E-state index contributed by atoms with van der Waals surface area (Å²) in [5.41, 5.74) is 6.95. The van der Waals surface area contributed by atoms with E-state index in [0.717, 1.165) is 29.4 Å². The molecule has 0 radical (unpaired) electrons. The van der Waals surface area contributed by atoms with Crippen LogP contribution < -0.4 is 5.73 Å². The average molecular weight is 315 g/mol. The van der Waals surface area contributed by atoms with Crippen molar-refractivity contribution in [3.63, 3.8) is 0 Å². The van der Waals surface area contributed by atoms with E-state index in [1.165, 1.54) is 6.07 Å². The third-order valence-electron chi connectivity index (χ3n) is 3.66. The molecule has 1 aliphatic heterocycles. The van der Waals surface area contributed by atoms with Crippen LogP contribution in [0.15, 0.2) is 22.7 Å². The summed E-state index contributed by atoms with van der Waals surface area (Å²) in [7, 11) is 0. The molecule has 1 fully saturated rings. The van der Waals surface area contributed by atoms with E-state index in [4.69, 9.17) is 5.73 Å². The molecule has 0 bridgehead atoms. The van der Waals surface area contributed by atoms with Gasteiger partial charge in [0.2, 0.25) is 0 Å². The molecule has 0 saturated carbocycles. The van der Waals surface area contributed by atoms with Gasteiger partial charge in [0.05, 0.1) is 6.04 Å². The van der Waals surface area contributed by atoms with Gasteiger partial charge in [0.25, 0.3) is 0 Å². The number of piperidine rings is 1. The molecule has 2 atom stereocenters. The number of nitrogens with zero attached hydrogens (tertiary/aromatic N) is 1. The highest BCUT2D eigenvalue weighted by atomic mass is 79.9. The molecule has 1 aromatic carbocycles. The molecule has 1 aromatic rings. The van der Waals surface area contributed by atoms with E-state index in [2.05, 4.69) is 34.7 Å². The maximum absolute atomic E-state index is 14.1. The van der Waals surface area contributed by atoms with Gasteiger partial charge in [-0.1, -0.05) is 22.0 Å². The van der Waals surface area contributed by atoms with Crippen LogP contribution >= 0.6 is 15.9 Å². The van der Waals surface area contributed by atoms with Crippen molar-refractivity contribution in [2.24, 2.45) is 5.73 Å². The predicted octanol–water partition coefficient (Wildman–Crippen LogP) is 3.46. The van der Waals surface area contributed by atoms with Crippen LogP contribution in [0.3, 0.4) is 0 Å². The molecule has 100 valence electrons. The fraction of sp³-hybridized carbons (Fsp3) is 0.571. The Morgan fingerprint density at radius 1 is 1.44 bits per heavy atom. The molecule has 18 heavy (non-hydrogen) atoms. The Kier molecular flexibility index (Phi) is 4.41. The van der Waals surface area contributed by atoms with Crippen molar-refractivity contribution in [2.75, 3.05) is 6.54 Å². The highest BCUT2D eigenvalue weighted by Gasteiger charge is 2.33. The maximum atomic E-state index is 14.1. The van der Waals surface area contributed by atoms with Gasteiger partial charge in [0, 0.05) is 22.1 Å². The molecule has 0 spiro atoms. The smallest absolute Gasteiger partial charge is 0.129 e. The molecule has 4 heteroatoms. The molecule has 2 nitrogen and oxygen atoms in total. The fourth-order valence-electron chi connectivity index (χ4n) is 2.78. The molecule has 0 aliphatic carbocycles. The van der Waals surface area contributed by atoms with Crippen LogP contribution in [0.25, 0.3) is 0 Å². The van der Waals surface area contributed by atoms with Crippen LogP contribution in [-0.4, -0.2) is 23.5 Å². The van der Waals surface area contributed by atoms with Gasteiger partial charge in [-0.05, 0) is 45.4 Å². The molecular weight excluding hydrogens is 295 g/mol. The van der Waals surface area contributed by atoms with Crippen LogP contribution in [0.4, 0.5) is 4.39 Å². The van der Waals surface area contributed by atoms with Crippen molar-refractivity contribution in [2.45, 2.75) is 44.8 Å². The normalized spacial score (nSPS) is 25.7. The van der Waals surface area contributed by atoms with Crippen molar-refractivity contribution in [3.8, 4) is 0 Å². The Morgan fingerprint density at radius 3 is 2.78 bits per heavy atom. The molecule has 0 amide bonds. The summed E-state index contributed by atoms with van der Waals surface area (Å²) in [6, 6.07) is 5.64. The first kappa shape index (κ1) is 14.0. The molecule has 2 unspecified atom stereocenters. The predicted molar refractivity (Wildman–Crippen MR) is 75.9 cm³/mol. The zero-order valence-electron chi connectivity index (χ0n) is 10.9. The lowest BCUT2D eigenvalue weighted by atomic mass is 9.89. The lowest BCUT2D eigenvalue weighted by Crippen LogP contribution is -2.48. The van der Waals surface area contributed by atoms with Gasteiger partial charge in [-0.3, -0.25) is 4.90 Å². The highest BCUT2D eigenvalue weighted by molar-refractivity contribution is 9.10. The monoisotopic (exact) mass is 314 g/mol. The Bertz CT molecular complexity index is 422. The fourth-order valence-corrected chi connectivity index (χ4v) is 3.12. The van der Waals surface area contributed by atoms with Gasteiger partial charge in [0.1, 0.15) is 5.82 Å². The van der Waals surface area contributed by atoms with Crippen molar-refractivity contribution in [1.29, 1.82) is 0 Å². The maximum Gasteiger partial charge on any atom is 0.129 e. The molecule has 2 N–H and O–H groups in total. The first-order valence-corrected chi connectivity index (χ1v) is 7.26. The van der Waals surface area contributed by atoms with E-state index in [1.54, 1.807) is 0 Å². The van der Waals surface area contributed by atoms with Crippen LogP contribution in [0, 0.1) is 5.82 Å². The zero-order valence-corrected chi connectivity index (χ0v) is 12.5. The SMILES string of the molecule is CC(C)N1CCCC(N)C1c1ccc(Br)cc1F. The summed E-state index contributed by atoms with van der Waals surface area (Å²) in [5, 5.41) is 0. The van der Waals surface area contributed by atoms with Crippen LogP contribution in [0.5, 0.6) is 0 Å². The second-order valence-electron chi connectivity index (χ2n) is 5.25. The number of benzene rings is 1. The Morgan fingerprint density at radius 2 is 2.17 bits per heavy atom. The van der Waals surface area contributed by atoms with Crippen molar-refractivity contribution < 1.29 is 4.39 Å². The summed E-state index contributed by atoms with van der Waals surface area (Å²) < 4.78 is 14.9. The molecule has 1 aliphatic rings. The van der Waals surface area contributed by atoms with E-state index in [-0.39, 0.29) is 17.9 Å². The first-order chi connectivity index (χ1) is 8.50. The minimum atomic E-state index is -0.169. The van der Waals surface area contributed by atoms with E-state index in [9.17, 15) is 4.39 Å². The van der Waals surface area contributed by atoms with Crippen molar-refractivity contribution in [3.05, 3.63) is 34.1 Å². The Labute approximate surface area is 116 Å². The van der Waals surface area contributed by atoms with E-state index in [1.807, 2.05) is 12.1 Å². The summed E-state index contributed by atoms with van der Waals surface area (Å²) in [4.78, 5) is 2.31. The standard InChI is InChI=1S/C14H20BrFN2/c1-9(2)18-7-3-4-13(17)14(18)11-6-5-10(15)8-12(11)16/h5-6,8-9,13-14H,3-4,7,17H2,1-2H3. The van der Waals surface area contributed by atoms with Gasteiger partial charge in [-0.15, -0.1) is 0 Å². The van der Waals surface area contributed by atoms with Crippen LogP contribution in [-0.2, 0) is 0 Å². The third-order valence-corrected chi connectivity index (χ3v) is 4.15. The largest absolute Gasteiger partial charge is 0.326 e. The quantitative estimate of drug-likeness (QED) is 0.905. The van der Waals surface area contributed by atoms with Crippen LogP contribution in [0.1, 0.15) is 38.3 Å². The van der Waals surface area contributed by atoms with E-state index >= 15 is 0 Å². The second kappa shape index (κ2) is 5.68. The summed E-state index contributed by atoms with van der Waals surface area (Å²) in [6.45, 7) is 5.27. The molecule has 1 heterocycles. The Hall–Kier alpha value is -0.450. The number of halogens is 2. The van der Waals surface area contributed by atoms with Gasteiger partial charge >= 0.3 is 0 Å². The zero-order chi connectivity index (χ0) is 13.3. The Balaban J connectivity index is 2.37. The summed E-state index contributed by atoms with van der Waals surface area (Å²) >= 11 is 3.29. The number of hydrogen-bond acceptors (Lipinski definition) is 2. The number of nitrogens with two attached hydrogens (primary N) is 1. The lowest BCUT2D eigenvalue weighted by Gasteiger charge is -2.42.